The fourth-order valence-electron chi connectivity index (χ4n) is 1.95. The highest BCUT2D eigenvalue weighted by molar-refractivity contribution is 7.21. The summed E-state index contributed by atoms with van der Waals surface area (Å²) < 4.78 is 7.80. The number of ether oxygens (including phenoxy) is 1. The Morgan fingerprint density at radius 2 is 2.37 bits per heavy atom. The lowest BCUT2D eigenvalue weighted by atomic mass is 10.2. The second kappa shape index (κ2) is 4.79. The van der Waals surface area contributed by atoms with Crippen LogP contribution in [0.5, 0.6) is 5.75 Å². The Balaban J connectivity index is 2.05. The van der Waals surface area contributed by atoms with Crippen molar-refractivity contribution < 1.29 is 14.6 Å². The second-order valence-electron chi connectivity index (χ2n) is 4.11. The van der Waals surface area contributed by atoms with E-state index in [0.717, 1.165) is 31.1 Å². The number of rotatable bonds is 4. The zero-order chi connectivity index (χ0) is 13.4. The molecule has 1 aromatic carbocycles. The topological polar surface area (TPSA) is 59.4 Å². The first-order valence-corrected chi connectivity index (χ1v) is 7.46. The number of benzene rings is 1. The van der Waals surface area contributed by atoms with Gasteiger partial charge in [-0.2, -0.15) is 0 Å². The number of thiazole rings is 1. The van der Waals surface area contributed by atoms with Crippen molar-refractivity contribution in [2.24, 2.45) is 0 Å². The van der Waals surface area contributed by atoms with E-state index in [4.69, 9.17) is 9.84 Å². The van der Waals surface area contributed by atoms with Gasteiger partial charge in [0.25, 0.3) is 0 Å². The van der Waals surface area contributed by atoms with Gasteiger partial charge in [-0.1, -0.05) is 0 Å². The molecule has 0 atom stereocenters. The maximum absolute atomic E-state index is 10.5. The number of carbonyl (C=O) groups is 1. The highest BCUT2D eigenvalue weighted by atomic mass is 32.1. The summed E-state index contributed by atoms with van der Waals surface area (Å²) in [7, 11) is 0. The minimum Gasteiger partial charge on any atom is -0.492 e. The summed E-state index contributed by atoms with van der Waals surface area (Å²) in [6.45, 7) is 2.17. The standard InChI is InChI=1S/C13H11NO3S2/c1-7-14-12-10(19-7)6-9(17-4-2-11(15)16)8-3-5-18-13(8)12/h3,5-6H,2,4H2,1H3,(H,15,16). The molecule has 2 heterocycles. The Kier molecular flexibility index (Phi) is 3.12. The normalized spacial score (nSPS) is 11.2. The minimum atomic E-state index is -0.851. The quantitative estimate of drug-likeness (QED) is 0.797. The molecular formula is C13H11NO3S2. The summed E-state index contributed by atoms with van der Waals surface area (Å²) in [4.78, 5) is 15.1. The number of nitrogens with zero attached hydrogens (tertiary/aromatic N) is 1. The van der Waals surface area contributed by atoms with Crippen molar-refractivity contribution in [3.8, 4) is 5.75 Å². The average molecular weight is 293 g/mol. The lowest BCUT2D eigenvalue weighted by molar-refractivity contribution is -0.137. The number of aromatic nitrogens is 1. The molecule has 1 N–H and O–H groups in total. The first-order valence-electron chi connectivity index (χ1n) is 5.77. The van der Waals surface area contributed by atoms with Crippen LogP contribution in [0.25, 0.3) is 20.3 Å². The van der Waals surface area contributed by atoms with Crippen LogP contribution in [0.4, 0.5) is 0 Å². The van der Waals surface area contributed by atoms with E-state index in [1.54, 1.807) is 22.7 Å². The van der Waals surface area contributed by atoms with Crippen LogP contribution in [0.2, 0.25) is 0 Å². The van der Waals surface area contributed by atoms with Crippen molar-refractivity contribution >= 4 is 48.9 Å². The number of hydrogen-bond acceptors (Lipinski definition) is 5. The van der Waals surface area contributed by atoms with Gasteiger partial charge in [0.1, 0.15) is 5.75 Å². The van der Waals surface area contributed by atoms with Gasteiger partial charge in [0.15, 0.2) is 0 Å². The first-order chi connectivity index (χ1) is 9.15. The number of hydrogen-bond donors (Lipinski definition) is 1. The number of thiophene rings is 1. The molecule has 3 rings (SSSR count). The third-order valence-corrected chi connectivity index (χ3v) is 4.58. The number of carboxylic acids is 1. The smallest absolute Gasteiger partial charge is 0.306 e. The van der Waals surface area contributed by atoms with Gasteiger partial charge in [0.05, 0.1) is 33.0 Å². The van der Waals surface area contributed by atoms with E-state index >= 15 is 0 Å². The van der Waals surface area contributed by atoms with Crippen LogP contribution in [0.1, 0.15) is 11.4 Å². The summed E-state index contributed by atoms with van der Waals surface area (Å²) in [5, 5.41) is 12.7. The van der Waals surface area contributed by atoms with Gasteiger partial charge in [0, 0.05) is 11.5 Å². The van der Waals surface area contributed by atoms with Crippen molar-refractivity contribution in [2.45, 2.75) is 13.3 Å². The molecule has 0 unspecified atom stereocenters. The summed E-state index contributed by atoms with van der Waals surface area (Å²) >= 11 is 3.26. The predicted molar refractivity (Wildman–Crippen MR) is 77.5 cm³/mol. The molecule has 0 amide bonds. The first kappa shape index (κ1) is 12.4. The van der Waals surface area contributed by atoms with E-state index in [0.29, 0.717) is 0 Å². The Labute approximate surface area is 117 Å². The Hall–Kier alpha value is -1.66. The highest BCUT2D eigenvalue weighted by Crippen LogP contribution is 2.38. The molecule has 98 valence electrons. The van der Waals surface area contributed by atoms with Gasteiger partial charge < -0.3 is 9.84 Å². The number of carboxylic acid groups (broad SMARTS) is 1. The van der Waals surface area contributed by atoms with Crippen LogP contribution < -0.4 is 4.74 Å². The average Bonchev–Trinajstić information content (AvgIpc) is 2.93. The Morgan fingerprint density at radius 1 is 1.53 bits per heavy atom. The fraction of sp³-hybridized carbons (Fsp3) is 0.231. The van der Waals surface area contributed by atoms with Crippen molar-refractivity contribution in [3.63, 3.8) is 0 Å². The van der Waals surface area contributed by atoms with E-state index in [1.165, 1.54) is 0 Å². The molecular weight excluding hydrogens is 282 g/mol. The van der Waals surface area contributed by atoms with Crippen molar-refractivity contribution in [1.82, 2.24) is 4.98 Å². The fourth-order valence-corrected chi connectivity index (χ4v) is 3.79. The van der Waals surface area contributed by atoms with Gasteiger partial charge in [-0.15, -0.1) is 22.7 Å². The molecule has 3 aromatic rings. The molecule has 0 saturated heterocycles. The lowest BCUT2D eigenvalue weighted by Crippen LogP contribution is -2.04. The van der Waals surface area contributed by atoms with Crippen LogP contribution >= 0.6 is 22.7 Å². The van der Waals surface area contributed by atoms with E-state index in [9.17, 15) is 4.79 Å². The van der Waals surface area contributed by atoms with Gasteiger partial charge in [-0.05, 0) is 18.4 Å². The number of aryl methyl sites for hydroxylation is 1. The minimum absolute atomic E-state index is 0.00534. The van der Waals surface area contributed by atoms with Gasteiger partial charge in [-0.3, -0.25) is 4.79 Å². The summed E-state index contributed by atoms with van der Waals surface area (Å²) in [5.74, 6) is -0.107. The molecule has 6 heteroatoms. The molecule has 0 saturated carbocycles. The third kappa shape index (κ3) is 2.29. The molecule has 4 nitrogen and oxygen atoms in total. The molecule has 2 aromatic heterocycles. The molecule has 0 spiro atoms. The molecule has 0 bridgehead atoms. The van der Waals surface area contributed by atoms with Crippen LogP contribution in [0, 0.1) is 6.92 Å². The van der Waals surface area contributed by atoms with E-state index in [-0.39, 0.29) is 13.0 Å². The van der Waals surface area contributed by atoms with Crippen LogP contribution in [-0.2, 0) is 4.79 Å². The van der Waals surface area contributed by atoms with Gasteiger partial charge in [-0.25, -0.2) is 4.98 Å². The maximum Gasteiger partial charge on any atom is 0.306 e. The lowest BCUT2D eigenvalue weighted by Gasteiger charge is -2.06. The van der Waals surface area contributed by atoms with Gasteiger partial charge >= 0.3 is 5.97 Å². The third-order valence-electron chi connectivity index (χ3n) is 2.74. The van der Waals surface area contributed by atoms with Crippen molar-refractivity contribution in [1.29, 1.82) is 0 Å². The molecule has 0 aliphatic rings. The monoisotopic (exact) mass is 293 g/mol. The van der Waals surface area contributed by atoms with Crippen LogP contribution in [0.3, 0.4) is 0 Å². The largest absolute Gasteiger partial charge is 0.492 e. The van der Waals surface area contributed by atoms with Crippen molar-refractivity contribution in [2.75, 3.05) is 6.61 Å². The molecule has 0 aliphatic carbocycles. The maximum atomic E-state index is 10.5. The Morgan fingerprint density at radius 3 is 3.16 bits per heavy atom. The Bertz CT molecular complexity index is 760. The van der Waals surface area contributed by atoms with Crippen molar-refractivity contribution in [3.05, 3.63) is 22.5 Å². The van der Waals surface area contributed by atoms with Crippen LogP contribution in [0.15, 0.2) is 17.5 Å². The second-order valence-corrected chi connectivity index (χ2v) is 6.26. The zero-order valence-electron chi connectivity index (χ0n) is 10.2. The molecule has 0 fully saturated rings. The van der Waals surface area contributed by atoms with E-state index in [1.807, 2.05) is 24.4 Å². The van der Waals surface area contributed by atoms with Crippen LogP contribution in [-0.4, -0.2) is 22.7 Å². The molecule has 0 radical (unpaired) electrons. The van der Waals surface area contributed by atoms with E-state index < -0.39 is 5.97 Å². The summed E-state index contributed by atoms with van der Waals surface area (Å²) in [6.07, 6.45) is 0.00534. The van der Waals surface area contributed by atoms with E-state index in [2.05, 4.69) is 4.98 Å². The highest BCUT2D eigenvalue weighted by Gasteiger charge is 2.12. The summed E-state index contributed by atoms with van der Waals surface area (Å²) in [5.41, 5.74) is 1.01. The zero-order valence-corrected chi connectivity index (χ0v) is 11.8. The summed E-state index contributed by atoms with van der Waals surface area (Å²) in [6, 6.07) is 3.95. The molecule has 0 aliphatic heterocycles. The molecule has 19 heavy (non-hydrogen) atoms. The van der Waals surface area contributed by atoms with Gasteiger partial charge in [0.2, 0.25) is 0 Å². The number of fused-ring (bicyclic) bond motifs is 3. The predicted octanol–water partition coefficient (Wildman–Crippen LogP) is 3.67. The SMILES string of the molecule is Cc1nc2c(cc(OCCC(=O)O)c3ccsc32)s1. The number of aliphatic carboxylic acids is 1.